The molecule has 3 N–H and O–H groups in total. The highest BCUT2D eigenvalue weighted by Gasteiger charge is 2.08. The van der Waals surface area contributed by atoms with Crippen molar-refractivity contribution in [1.82, 2.24) is 9.78 Å². The Kier molecular flexibility index (Phi) is 3.45. The number of hydrogen-bond acceptors (Lipinski definition) is 3. The minimum atomic E-state index is 0.473. The maximum absolute atomic E-state index is 6.06. The van der Waals surface area contributed by atoms with Gasteiger partial charge in [-0.15, -0.1) is 0 Å². The summed E-state index contributed by atoms with van der Waals surface area (Å²) in [6.45, 7) is 2.82. The Morgan fingerprint density at radius 3 is 2.53 bits per heavy atom. The molecule has 1 aromatic heterocycles. The first-order valence-corrected chi connectivity index (χ1v) is 5.90. The van der Waals surface area contributed by atoms with Gasteiger partial charge in [-0.1, -0.05) is 23.2 Å². The number of anilines is 3. The molecule has 0 aliphatic heterocycles. The molecule has 1 aromatic carbocycles. The van der Waals surface area contributed by atoms with E-state index in [0.29, 0.717) is 27.2 Å². The van der Waals surface area contributed by atoms with E-state index in [1.54, 1.807) is 16.8 Å². The average molecular weight is 271 g/mol. The Labute approximate surface area is 109 Å². The monoisotopic (exact) mass is 270 g/mol. The molecule has 1 heterocycles. The second-order valence-corrected chi connectivity index (χ2v) is 4.36. The molecule has 90 valence electrons. The molecule has 0 bridgehead atoms. The molecule has 0 spiro atoms. The topological polar surface area (TPSA) is 55.9 Å². The smallest absolute Gasteiger partial charge is 0.152 e. The van der Waals surface area contributed by atoms with Gasteiger partial charge in [0.1, 0.15) is 0 Å². The standard InChI is InChI=1S/C11H12Cl2N4/c1-2-17-4-3-10(16-17)15-11-8(12)5-7(14)6-9(11)13/h3-6H,2,14H2,1H3,(H,15,16). The highest BCUT2D eigenvalue weighted by atomic mass is 35.5. The predicted octanol–water partition coefficient (Wildman–Crippen LogP) is 3.54. The van der Waals surface area contributed by atoms with Gasteiger partial charge in [-0.05, 0) is 19.1 Å². The number of aromatic nitrogens is 2. The van der Waals surface area contributed by atoms with E-state index in [9.17, 15) is 0 Å². The van der Waals surface area contributed by atoms with E-state index < -0.39 is 0 Å². The molecule has 0 fully saturated rings. The lowest BCUT2D eigenvalue weighted by Gasteiger charge is -2.09. The highest BCUT2D eigenvalue weighted by molar-refractivity contribution is 6.39. The molecule has 4 nitrogen and oxygen atoms in total. The summed E-state index contributed by atoms with van der Waals surface area (Å²) in [5.74, 6) is 0.695. The van der Waals surface area contributed by atoms with Gasteiger partial charge in [0, 0.05) is 24.5 Å². The molecule has 0 saturated heterocycles. The first kappa shape index (κ1) is 12.1. The number of hydrogen-bond donors (Lipinski definition) is 2. The Hall–Kier alpha value is -1.39. The lowest BCUT2D eigenvalue weighted by atomic mass is 10.3. The normalized spacial score (nSPS) is 10.5. The van der Waals surface area contributed by atoms with Crippen LogP contribution in [-0.4, -0.2) is 9.78 Å². The number of nitrogen functional groups attached to an aromatic ring is 1. The zero-order valence-corrected chi connectivity index (χ0v) is 10.8. The molecule has 6 heteroatoms. The van der Waals surface area contributed by atoms with Crippen molar-refractivity contribution in [3.05, 3.63) is 34.4 Å². The molecule has 17 heavy (non-hydrogen) atoms. The van der Waals surface area contributed by atoms with Crippen LogP contribution in [0.3, 0.4) is 0 Å². The van der Waals surface area contributed by atoms with E-state index in [4.69, 9.17) is 28.9 Å². The van der Waals surface area contributed by atoms with Crippen molar-refractivity contribution in [2.45, 2.75) is 13.5 Å². The molecule has 0 unspecified atom stereocenters. The molecule has 0 radical (unpaired) electrons. The van der Waals surface area contributed by atoms with Crippen molar-refractivity contribution in [1.29, 1.82) is 0 Å². The van der Waals surface area contributed by atoms with E-state index in [0.717, 1.165) is 6.54 Å². The fourth-order valence-corrected chi connectivity index (χ4v) is 2.04. The first-order chi connectivity index (χ1) is 8.10. The summed E-state index contributed by atoms with van der Waals surface area (Å²) in [4.78, 5) is 0. The van der Waals surface area contributed by atoms with Crippen LogP contribution in [-0.2, 0) is 6.54 Å². The van der Waals surface area contributed by atoms with Gasteiger partial charge in [-0.25, -0.2) is 0 Å². The SMILES string of the molecule is CCn1ccc(Nc2c(Cl)cc(N)cc2Cl)n1. The Bertz CT molecular complexity index is 513. The largest absolute Gasteiger partial charge is 0.399 e. The average Bonchev–Trinajstić information content (AvgIpc) is 2.71. The molecule has 2 aromatic rings. The summed E-state index contributed by atoms with van der Waals surface area (Å²) in [5.41, 5.74) is 6.78. The van der Waals surface area contributed by atoms with Crippen LogP contribution in [0.15, 0.2) is 24.4 Å². The number of nitrogens with zero attached hydrogens (tertiary/aromatic N) is 2. The van der Waals surface area contributed by atoms with E-state index in [2.05, 4.69) is 10.4 Å². The highest BCUT2D eigenvalue weighted by Crippen LogP contribution is 2.34. The van der Waals surface area contributed by atoms with Crippen molar-refractivity contribution in [3.8, 4) is 0 Å². The number of halogens is 2. The minimum Gasteiger partial charge on any atom is -0.399 e. The second-order valence-electron chi connectivity index (χ2n) is 3.54. The minimum absolute atomic E-state index is 0.473. The van der Waals surface area contributed by atoms with Crippen molar-refractivity contribution >= 4 is 40.4 Å². The van der Waals surface area contributed by atoms with E-state index in [1.165, 1.54) is 0 Å². The lowest BCUT2D eigenvalue weighted by Crippen LogP contribution is -1.98. The Morgan fingerprint density at radius 1 is 1.35 bits per heavy atom. The summed E-state index contributed by atoms with van der Waals surface area (Å²) < 4.78 is 1.81. The molecule has 0 aliphatic carbocycles. The fraction of sp³-hybridized carbons (Fsp3) is 0.182. The van der Waals surface area contributed by atoms with Crippen LogP contribution < -0.4 is 11.1 Å². The third-order valence-electron chi connectivity index (χ3n) is 2.28. The Balaban J connectivity index is 2.29. The van der Waals surface area contributed by atoms with Gasteiger partial charge in [0.25, 0.3) is 0 Å². The van der Waals surface area contributed by atoms with Gasteiger partial charge in [-0.2, -0.15) is 5.10 Å². The number of benzene rings is 1. The Morgan fingerprint density at radius 2 is 2.00 bits per heavy atom. The van der Waals surface area contributed by atoms with Gasteiger partial charge in [0.15, 0.2) is 5.82 Å². The third kappa shape index (κ3) is 2.65. The van der Waals surface area contributed by atoms with Crippen LogP contribution in [0.4, 0.5) is 17.2 Å². The second kappa shape index (κ2) is 4.85. The zero-order chi connectivity index (χ0) is 12.4. The van der Waals surface area contributed by atoms with Crippen LogP contribution in [0.25, 0.3) is 0 Å². The van der Waals surface area contributed by atoms with Crippen molar-refractivity contribution in [2.24, 2.45) is 0 Å². The predicted molar refractivity (Wildman–Crippen MR) is 72.1 cm³/mol. The molecule has 0 aliphatic rings. The lowest BCUT2D eigenvalue weighted by molar-refractivity contribution is 0.662. The summed E-state index contributed by atoms with van der Waals surface area (Å²) in [7, 11) is 0. The van der Waals surface area contributed by atoms with E-state index in [-0.39, 0.29) is 0 Å². The first-order valence-electron chi connectivity index (χ1n) is 5.15. The van der Waals surface area contributed by atoms with Crippen LogP contribution in [0, 0.1) is 0 Å². The molecule has 2 rings (SSSR count). The number of aryl methyl sites for hydroxylation is 1. The number of nitrogens with one attached hydrogen (secondary N) is 1. The van der Waals surface area contributed by atoms with Gasteiger partial charge in [-0.3, -0.25) is 4.68 Å². The summed E-state index contributed by atoms with van der Waals surface area (Å²) in [5, 5.41) is 8.30. The van der Waals surface area contributed by atoms with Crippen LogP contribution in [0.5, 0.6) is 0 Å². The van der Waals surface area contributed by atoms with E-state index >= 15 is 0 Å². The van der Waals surface area contributed by atoms with Gasteiger partial charge < -0.3 is 11.1 Å². The quantitative estimate of drug-likeness (QED) is 0.839. The molecule has 0 amide bonds. The van der Waals surface area contributed by atoms with Gasteiger partial charge in [0.05, 0.1) is 15.7 Å². The van der Waals surface area contributed by atoms with Crippen LogP contribution in [0.1, 0.15) is 6.92 Å². The summed E-state index contributed by atoms with van der Waals surface area (Å²) in [6, 6.07) is 5.14. The fourth-order valence-electron chi connectivity index (χ4n) is 1.44. The number of rotatable bonds is 3. The molecule has 0 atom stereocenters. The molecular formula is C11H12Cl2N4. The maximum Gasteiger partial charge on any atom is 0.152 e. The molecule has 0 saturated carbocycles. The van der Waals surface area contributed by atoms with Crippen LogP contribution >= 0.6 is 23.2 Å². The van der Waals surface area contributed by atoms with Gasteiger partial charge >= 0.3 is 0 Å². The van der Waals surface area contributed by atoms with Gasteiger partial charge in [0.2, 0.25) is 0 Å². The van der Waals surface area contributed by atoms with Crippen molar-refractivity contribution in [3.63, 3.8) is 0 Å². The van der Waals surface area contributed by atoms with Crippen LogP contribution in [0.2, 0.25) is 10.0 Å². The maximum atomic E-state index is 6.06. The van der Waals surface area contributed by atoms with Crippen molar-refractivity contribution < 1.29 is 0 Å². The third-order valence-corrected chi connectivity index (χ3v) is 2.88. The van der Waals surface area contributed by atoms with E-state index in [1.807, 2.05) is 19.2 Å². The summed E-state index contributed by atoms with van der Waals surface area (Å²) in [6.07, 6.45) is 1.88. The zero-order valence-electron chi connectivity index (χ0n) is 9.24. The van der Waals surface area contributed by atoms with Crippen molar-refractivity contribution in [2.75, 3.05) is 11.1 Å². The summed E-state index contributed by atoms with van der Waals surface area (Å²) >= 11 is 12.1. The molecular weight excluding hydrogens is 259 g/mol. The number of nitrogens with two attached hydrogens (primary N) is 1.